The standard InChI is InChI=1S/C20H25FN4/c1-14-18-5-3-11-25(13-15-6-8-17(21)9-7-15)20(18)24-19(23-14)16-4-2-10-22-12-16/h6-9,16,22H,2-5,10-13H2,1H3/t16-/m1/s1. The summed E-state index contributed by atoms with van der Waals surface area (Å²) in [5.41, 5.74) is 3.52. The highest BCUT2D eigenvalue weighted by atomic mass is 19.1. The Labute approximate surface area is 148 Å². The van der Waals surface area contributed by atoms with Gasteiger partial charge in [0.15, 0.2) is 0 Å². The lowest BCUT2D eigenvalue weighted by molar-refractivity contribution is 0.444. The van der Waals surface area contributed by atoms with Crippen LogP contribution < -0.4 is 10.2 Å². The zero-order chi connectivity index (χ0) is 17.2. The van der Waals surface area contributed by atoms with E-state index in [1.54, 1.807) is 0 Å². The van der Waals surface area contributed by atoms with Crippen LogP contribution in [0.2, 0.25) is 0 Å². The lowest BCUT2D eigenvalue weighted by atomic mass is 9.97. The van der Waals surface area contributed by atoms with Crippen molar-refractivity contribution < 1.29 is 4.39 Å². The van der Waals surface area contributed by atoms with E-state index in [1.165, 1.54) is 24.1 Å². The first-order chi connectivity index (χ1) is 12.2. The molecule has 3 heterocycles. The second kappa shape index (κ2) is 7.08. The summed E-state index contributed by atoms with van der Waals surface area (Å²) in [6.07, 6.45) is 4.50. The topological polar surface area (TPSA) is 41.1 Å². The molecular formula is C20H25FN4. The smallest absolute Gasteiger partial charge is 0.136 e. The maximum Gasteiger partial charge on any atom is 0.136 e. The van der Waals surface area contributed by atoms with Crippen LogP contribution in [0.3, 0.4) is 0 Å². The zero-order valence-corrected chi connectivity index (χ0v) is 14.8. The Balaban J connectivity index is 1.64. The van der Waals surface area contributed by atoms with Gasteiger partial charge >= 0.3 is 0 Å². The van der Waals surface area contributed by atoms with Gasteiger partial charge in [-0.25, -0.2) is 14.4 Å². The summed E-state index contributed by atoms with van der Waals surface area (Å²) in [6.45, 7) is 5.93. The van der Waals surface area contributed by atoms with E-state index in [2.05, 4.69) is 17.1 Å². The molecule has 1 aromatic carbocycles. The summed E-state index contributed by atoms with van der Waals surface area (Å²) >= 11 is 0. The van der Waals surface area contributed by atoms with Gasteiger partial charge in [-0.05, 0) is 56.8 Å². The summed E-state index contributed by atoms with van der Waals surface area (Å²) < 4.78 is 13.2. The summed E-state index contributed by atoms with van der Waals surface area (Å²) in [4.78, 5) is 12.2. The Bertz CT molecular complexity index is 738. The van der Waals surface area contributed by atoms with Crippen molar-refractivity contribution in [1.29, 1.82) is 0 Å². The van der Waals surface area contributed by atoms with Gasteiger partial charge < -0.3 is 10.2 Å². The van der Waals surface area contributed by atoms with E-state index in [4.69, 9.17) is 9.97 Å². The molecule has 1 atom stereocenters. The third-order valence-corrected chi connectivity index (χ3v) is 5.31. The number of hydrogen-bond acceptors (Lipinski definition) is 4. The lowest BCUT2D eigenvalue weighted by Gasteiger charge is -2.32. The minimum atomic E-state index is -0.187. The first-order valence-electron chi connectivity index (χ1n) is 9.28. The third kappa shape index (κ3) is 3.52. The SMILES string of the molecule is Cc1nc([C@@H]2CCCNC2)nc2c1CCCN2Cc1ccc(F)cc1. The molecule has 1 fully saturated rings. The number of rotatable bonds is 3. The average Bonchev–Trinajstić information content (AvgIpc) is 2.65. The summed E-state index contributed by atoms with van der Waals surface area (Å²) in [6, 6.07) is 6.79. The molecule has 4 nitrogen and oxygen atoms in total. The van der Waals surface area contributed by atoms with Crippen molar-refractivity contribution in [2.24, 2.45) is 0 Å². The maximum absolute atomic E-state index is 13.2. The first-order valence-corrected chi connectivity index (χ1v) is 9.28. The number of anilines is 1. The molecular weight excluding hydrogens is 315 g/mol. The predicted molar refractivity (Wildman–Crippen MR) is 97.4 cm³/mol. The van der Waals surface area contributed by atoms with Crippen LogP contribution >= 0.6 is 0 Å². The molecule has 2 aromatic rings. The van der Waals surface area contributed by atoms with Crippen molar-refractivity contribution in [2.45, 2.75) is 45.1 Å². The van der Waals surface area contributed by atoms with Crippen LogP contribution in [0.15, 0.2) is 24.3 Å². The van der Waals surface area contributed by atoms with Gasteiger partial charge in [-0.15, -0.1) is 0 Å². The number of aromatic nitrogens is 2. The molecule has 2 aliphatic rings. The Morgan fingerprint density at radius 1 is 1.20 bits per heavy atom. The lowest BCUT2D eigenvalue weighted by Crippen LogP contribution is -2.33. The quantitative estimate of drug-likeness (QED) is 0.930. The van der Waals surface area contributed by atoms with Crippen molar-refractivity contribution >= 4 is 5.82 Å². The number of fused-ring (bicyclic) bond motifs is 1. The molecule has 0 amide bonds. The Morgan fingerprint density at radius 3 is 2.80 bits per heavy atom. The molecule has 1 aromatic heterocycles. The highest BCUT2D eigenvalue weighted by Gasteiger charge is 2.25. The summed E-state index contributed by atoms with van der Waals surface area (Å²) in [5, 5.41) is 3.46. The summed E-state index contributed by atoms with van der Waals surface area (Å²) in [7, 11) is 0. The fraction of sp³-hybridized carbons (Fsp3) is 0.500. The molecule has 0 unspecified atom stereocenters. The zero-order valence-electron chi connectivity index (χ0n) is 14.8. The van der Waals surface area contributed by atoms with Gasteiger partial charge in [0, 0.05) is 36.8 Å². The first kappa shape index (κ1) is 16.5. The van der Waals surface area contributed by atoms with Crippen molar-refractivity contribution in [3.63, 3.8) is 0 Å². The van der Waals surface area contributed by atoms with E-state index in [9.17, 15) is 4.39 Å². The monoisotopic (exact) mass is 340 g/mol. The Morgan fingerprint density at radius 2 is 2.04 bits per heavy atom. The summed E-state index contributed by atoms with van der Waals surface area (Å²) in [5.74, 6) is 2.29. The van der Waals surface area contributed by atoms with Gasteiger partial charge in [-0.2, -0.15) is 0 Å². The molecule has 5 heteroatoms. The molecule has 0 saturated carbocycles. The van der Waals surface area contributed by atoms with E-state index in [-0.39, 0.29) is 5.82 Å². The molecule has 132 valence electrons. The molecule has 0 bridgehead atoms. The van der Waals surface area contributed by atoms with E-state index in [0.717, 1.165) is 68.3 Å². The normalized spacial score (nSPS) is 20.4. The highest BCUT2D eigenvalue weighted by Crippen LogP contribution is 2.31. The molecule has 0 radical (unpaired) electrons. The molecule has 4 rings (SSSR count). The van der Waals surface area contributed by atoms with E-state index in [0.29, 0.717) is 5.92 Å². The molecule has 0 spiro atoms. The van der Waals surface area contributed by atoms with Crippen LogP contribution in [0, 0.1) is 12.7 Å². The van der Waals surface area contributed by atoms with E-state index < -0.39 is 0 Å². The minimum Gasteiger partial charge on any atom is -0.352 e. The fourth-order valence-electron chi connectivity index (χ4n) is 3.93. The van der Waals surface area contributed by atoms with Crippen LogP contribution in [-0.2, 0) is 13.0 Å². The van der Waals surface area contributed by atoms with Crippen LogP contribution in [0.1, 0.15) is 47.8 Å². The highest BCUT2D eigenvalue weighted by molar-refractivity contribution is 5.52. The van der Waals surface area contributed by atoms with Gasteiger partial charge in [0.25, 0.3) is 0 Å². The number of piperidine rings is 1. The number of benzene rings is 1. The number of aryl methyl sites for hydroxylation is 1. The second-order valence-corrected chi connectivity index (χ2v) is 7.16. The van der Waals surface area contributed by atoms with Crippen molar-refractivity contribution in [3.05, 3.63) is 52.7 Å². The van der Waals surface area contributed by atoms with Gasteiger partial charge in [-0.3, -0.25) is 0 Å². The molecule has 2 aliphatic heterocycles. The second-order valence-electron chi connectivity index (χ2n) is 7.16. The molecule has 25 heavy (non-hydrogen) atoms. The minimum absolute atomic E-state index is 0.187. The van der Waals surface area contributed by atoms with Gasteiger partial charge in [0.1, 0.15) is 17.5 Å². The van der Waals surface area contributed by atoms with Crippen LogP contribution in [0.4, 0.5) is 10.2 Å². The molecule has 1 saturated heterocycles. The van der Waals surface area contributed by atoms with Gasteiger partial charge in [-0.1, -0.05) is 12.1 Å². The average molecular weight is 340 g/mol. The van der Waals surface area contributed by atoms with Gasteiger partial charge in [0.2, 0.25) is 0 Å². The number of nitrogens with one attached hydrogen (secondary N) is 1. The Hall–Kier alpha value is -2.01. The predicted octanol–water partition coefficient (Wildman–Crippen LogP) is 3.34. The largest absolute Gasteiger partial charge is 0.352 e. The van der Waals surface area contributed by atoms with Crippen LogP contribution in [0.5, 0.6) is 0 Å². The molecule has 0 aliphatic carbocycles. The number of hydrogen-bond donors (Lipinski definition) is 1. The van der Waals surface area contributed by atoms with E-state index >= 15 is 0 Å². The number of nitrogens with zero attached hydrogens (tertiary/aromatic N) is 3. The number of halogens is 1. The van der Waals surface area contributed by atoms with Crippen LogP contribution in [0.25, 0.3) is 0 Å². The third-order valence-electron chi connectivity index (χ3n) is 5.31. The molecule has 1 N–H and O–H groups in total. The van der Waals surface area contributed by atoms with Crippen molar-refractivity contribution in [2.75, 3.05) is 24.5 Å². The van der Waals surface area contributed by atoms with E-state index in [1.807, 2.05) is 12.1 Å². The van der Waals surface area contributed by atoms with Crippen molar-refractivity contribution in [3.8, 4) is 0 Å². The van der Waals surface area contributed by atoms with Crippen molar-refractivity contribution in [1.82, 2.24) is 15.3 Å². The maximum atomic E-state index is 13.2. The van der Waals surface area contributed by atoms with Crippen LogP contribution in [-0.4, -0.2) is 29.6 Å². The van der Waals surface area contributed by atoms with Gasteiger partial charge in [0.05, 0.1) is 0 Å². The Kier molecular flexibility index (Phi) is 4.66. The fourth-order valence-corrected chi connectivity index (χ4v) is 3.93.